The highest BCUT2D eigenvalue weighted by Crippen LogP contribution is 2.37. The van der Waals surface area contributed by atoms with E-state index < -0.39 is 29.7 Å². The maximum atomic E-state index is 13.1. The second-order valence-electron chi connectivity index (χ2n) is 9.59. The van der Waals surface area contributed by atoms with E-state index in [1.54, 1.807) is 47.4 Å². The number of hydrogen-bond donors (Lipinski definition) is 1. The molecule has 1 aliphatic heterocycles. The van der Waals surface area contributed by atoms with Gasteiger partial charge in [-0.2, -0.15) is 13.2 Å². The smallest absolute Gasteiger partial charge is 0.416 e. The van der Waals surface area contributed by atoms with E-state index in [1.165, 1.54) is 12.1 Å². The van der Waals surface area contributed by atoms with Crippen molar-refractivity contribution in [3.05, 3.63) is 89.0 Å². The SMILES string of the molecule is NC(=O)C1c2ccc(OC(=O)c3ccccc3-c3ccc(C(F)(F)F)cc3)cc2CCN1C(=O)C1CCC1. The molecule has 5 rings (SSSR count). The van der Waals surface area contributed by atoms with Gasteiger partial charge in [0, 0.05) is 12.5 Å². The Morgan fingerprint density at radius 2 is 1.66 bits per heavy atom. The molecule has 6 nitrogen and oxygen atoms in total. The summed E-state index contributed by atoms with van der Waals surface area (Å²) >= 11 is 0. The van der Waals surface area contributed by atoms with E-state index >= 15 is 0 Å². The molecule has 196 valence electrons. The lowest BCUT2D eigenvalue weighted by atomic mass is 9.82. The first-order chi connectivity index (χ1) is 18.1. The lowest BCUT2D eigenvalue weighted by molar-refractivity contribution is -0.145. The lowest BCUT2D eigenvalue weighted by Crippen LogP contribution is -2.49. The number of carbonyl (C=O) groups excluding carboxylic acids is 3. The second kappa shape index (κ2) is 9.96. The number of primary amides is 1. The first-order valence-corrected chi connectivity index (χ1v) is 12.3. The summed E-state index contributed by atoms with van der Waals surface area (Å²) in [5.74, 6) is -1.17. The van der Waals surface area contributed by atoms with E-state index in [0.717, 1.165) is 37.0 Å². The Hall–Kier alpha value is -4.14. The van der Waals surface area contributed by atoms with Crippen LogP contribution in [0.3, 0.4) is 0 Å². The van der Waals surface area contributed by atoms with E-state index in [4.69, 9.17) is 10.5 Å². The molecule has 3 aromatic rings. The van der Waals surface area contributed by atoms with Gasteiger partial charge in [-0.1, -0.05) is 42.8 Å². The number of alkyl halides is 3. The fourth-order valence-corrected chi connectivity index (χ4v) is 5.01. The van der Waals surface area contributed by atoms with E-state index in [0.29, 0.717) is 29.7 Å². The third kappa shape index (κ3) is 4.88. The highest BCUT2D eigenvalue weighted by molar-refractivity contribution is 5.98. The van der Waals surface area contributed by atoms with Crippen molar-refractivity contribution in [3.8, 4) is 16.9 Å². The van der Waals surface area contributed by atoms with Crippen molar-refractivity contribution in [2.45, 2.75) is 37.9 Å². The molecular weight excluding hydrogens is 497 g/mol. The van der Waals surface area contributed by atoms with Crippen LogP contribution in [-0.2, 0) is 22.2 Å². The van der Waals surface area contributed by atoms with Gasteiger partial charge in [0.25, 0.3) is 0 Å². The average Bonchev–Trinajstić information content (AvgIpc) is 2.86. The van der Waals surface area contributed by atoms with Gasteiger partial charge in [-0.15, -0.1) is 0 Å². The molecule has 1 heterocycles. The molecule has 2 aliphatic rings. The Bertz CT molecular complexity index is 1400. The maximum absolute atomic E-state index is 13.1. The first kappa shape index (κ1) is 25.5. The van der Waals surface area contributed by atoms with E-state index in [9.17, 15) is 27.6 Å². The maximum Gasteiger partial charge on any atom is 0.416 e. The van der Waals surface area contributed by atoms with Crippen molar-refractivity contribution in [1.82, 2.24) is 4.90 Å². The van der Waals surface area contributed by atoms with Crippen LogP contribution in [0.15, 0.2) is 66.7 Å². The summed E-state index contributed by atoms with van der Waals surface area (Å²) in [6, 6.07) is 15.0. The molecule has 3 aromatic carbocycles. The van der Waals surface area contributed by atoms with Gasteiger partial charge in [0.15, 0.2) is 0 Å². The fourth-order valence-electron chi connectivity index (χ4n) is 5.01. The van der Waals surface area contributed by atoms with Gasteiger partial charge in [0.05, 0.1) is 11.1 Å². The Kier molecular flexibility index (Phi) is 6.69. The molecular formula is C29H25F3N2O4. The van der Waals surface area contributed by atoms with Gasteiger partial charge in [0.2, 0.25) is 11.8 Å². The topological polar surface area (TPSA) is 89.7 Å². The van der Waals surface area contributed by atoms with Crippen molar-refractivity contribution in [1.29, 1.82) is 0 Å². The predicted octanol–water partition coefficient (Wildman–Crippen LogP) is 5.30. The minimum Gasteiger partial charge on any atom is -0.423 e. The van der Waals surface area contributed by atoms with E-state index in [-0.39, 0.29) is 23.1 Å². The third-order valence-electron chi connectivity index (χ3n) is 7.23. The van der Waals surface area contributed by atoms with Crippen molar-refractivity contribution < 1.29 is 32.3 Å². The highest BCUT2D eigenvalue weighted by atomic mass is 19.4. The molecule has 9 heteroatoms. The molecule has 1 fully saturated rings. The van der Waals surface area contributed by atoms with Gasteiger partial charge >= 0.3 is 12.1 Å². The monoisotopic (exact) mass is 522 g/mol. The fraction of sp³-hybridized carbons (Fsp3) is 0.276. The Morgan fingerprint density at radius 1 is 0.947 bits per heavy atom. The zero-order chi connectivity index (χ0) is 27.0. The van der Waals surface area contributed by atoms with E-state index in [2.05, 4.69) is 0 Å². The van der Waals surface area contributed by atoms with Crippen LogP contribution in [0.5, 0.6) is 5.75 Å². The molecule has 1 aliphatic carbocycles. The van der Waals surface area contributed by atoms with Crippen LogP contribution >= 0.6 is 0 Å². The Balaban J connectivity index is 1.38. The number of esters is 1. The normalized spacial score (nSPS) is 17.3. The molecule has 1 atom stereocenters. The number of benzene rings is 3. The van der Waals surface area contributed by atoms with E-state index in [1.807, 2.05) is 0 Å². The number of rotatable bonds is 5. The molecule has 2 amide bonds. The van der Waals surface area contributed by atoms with Crippen molar-refractivity contribution in [2.75, 3.05) is 6.54 Å². The van der Waals surface area contributed by atoms with Crippen LogP contribution in [0.25, 0.3) is 11.1 Å². The van der Waals surface area contributed by atoms with Crippen molar-refractivity contribution in [3.63, 3.8) is 0 Å². The molecule has 2 N–H and O–H groups in total. The number of fused-ring (bicyclic) bond motifs is 1. The van der Waals surface area contributed by atoms with Crippen LogP contribution in [0, 0.1) is 5.92 Å². The first-order valence-electron chi connectivity index (χ1n) is 12.3. The average molecular weight is 523 g/mol. The number of carbonyl (C=O) groups is 3. The minimum atomic E-state index is -4.46. The van der Waals surface area contributed by atoms with Gasteiger partial charge in [-0.3, -0.25) is 9.59 Å². The molecule has 0 saturated heterocycles. The molecule has 38 heavy (non-hydrogen) atoms. The molecule has 1 saturated carbocycles. The predicted molar refractivity (Wildman–Crippen MR) is 133 cm³/mol. The van der Waals surface area contributed by atoms with Crippen LogP contribution in [0.2, 0.25) is 0 Å². The number of hydrogen-bond acceptors (Lipinski definition) is 4. The number of ether oxygens (including phenoxy) is 1. The number of nitrogens with zero attached hydrogens (tertiary/aromatic N) is 1. The molecule has 1 unspecified atom stereocenters. The molecule has 0 radical (unpaired) electrons. The Labute approximate surface area is 217 Å². The molecule has 0 spiro atoms. The summed E-state index contributed by atoms with van der Waals surface area (Å²) in [5, 5.41) is 0. The van der Waals surface area contributed by atoms with Crippen molar-refractivity contribution in [2.24, 2.45) is 11.7 Å². The number of halogens is 3. The minimum absolute atomic E-state index is 0.0546. The lowest BCUT2D eigenvalue weighted by Gasteiger charge is -2.39. The summed E-state index contributed by atoms with van der Waals surface area (Å²) in [6.45, 7) is 0.337. The zero-order valence-electron chi connectivity index (χ0n) is 20.3. The summed E-state index contributed by atoms with van der Waals surface area (Å²) in [4.78, 5) is 39.9. The quantitative estimate of drug-likeness (QED) is 0.364. The Morgan fingerprint density at radius 3 is 2.29 bits per heavy atom. The number of amides is 2. The summed E-state index contributed by atoms with van der Waals surface area (Å²) in [6.07, 6.45) is -1.35. The molecule has 0 bridgehead atoms. The standard InChI is InChI=1S/C29H25F3N2O4/c30-29(31,32)20-10-8-17(9-11-20)22-6-1-2-7-24(22)28(37)38-21-12-13-23-19(16-21)14-15-34(25(23)26(33)35)27(36)18-4-3-5-18/h1-2,6-13,16,18,25H,3-5,14-15H2,(H2,33,35). The second-order valence-corrected chi connectivity index (χ2v) is 9.59. The van der Waals surface area contributed by atoms with Gasteiger partial charge < -0.3 is 15.4 Å². The van der Waals surface area contributed by atoms with Crippen LogP contribution in [0.4, 0.5) is 13.2 Å². The highest BCUT2D eigenvalue weighted by Gasteiger charge is 2.39. The van der Waals surface area contributed by atoms with Gasteiger partial charge in [0.1, 0.15) is 11.8 Å². The third-order valence-corrected chi connectivity index (χ3v) is 7.23. The van der Waals surface area contributed by atoms with Gasteiger partial charge in [-0.25, -0.2) is 4.79 Å². The summed E-state index contributed by atoms with van der Waals surface area (Å²) < 4.78 is 44.5. The summed E-state index contributed by atoms with van der Waals surface area (Å²) in [5.41, 5.74) is 7.35. The van der Waals surface area contributed by atoms with Gasteiger partial charge in [-0.05, 0) is 71.8 Å². The van der Waals surface area contributed by atoms with Crippen LogP contribution in [-0.4, -0.2) is 29.2 Å². The largest absolute Gasteiger partial charge is 0.423 e. The summed E-state index contributed by atoms with van der Waals surface area (Å²) in [7, 11) is 0. The van der Waals surface area contributed by atoms with Crippen LogP contribution < -0.4 is 10.5 Å². The van der Waals surface area contributed by atoms with Crippen molar-refractivity contribution >= 4 is 17.8 Å². The van der Waals surface area contributed by atoms with Crippen LogP contribution in [0.1, 0.15) is 52.4 Å². The number of nitrogens with two attached hydrogens (primary N) is 1. The molecule has 0 aromatic heterocycles. The zero-order valence-corrected chi connectivity index (χ0v) is 20.3.